The molecule has 21 heavy (non-hydrogen) atoms. The highest BCUT2D eigenvalue weighted by Crippen LogP contribution is 2.14. The van der Waals surface area contributed by atoms with Crippen LogP contribution >= 0.6 is 0 Å². The zero-order valence-electron chi connectivity index (χ0n) is 12.5. The summed E-state index contributed by atoms with van der Waals surface area (Å²) in [5.74, 6) is 0.179. The molecule has 2 aliphatic rings. The number of likely N-dealkylation sites (tertiary alicyclic amines) is 1. The van der Waals surface area contributed by atoms with Crippen LogP contribution in [0.4, 0.5) is 0 Å². The first kappa shape index (κ1) is 14.5. The maximum atomic E-state index is 12.4. The monoisotopic (exact) mass is 288 g/mol. The summed E-state index contributed by atoms with van der Waals surface area (Å²) in [5.41, 5.74) is 2.03. The number of carbonyl (C=O) groups is 1. The Morgan fingerprint density at radius 1 is 1.19 bits per heavy atom. The van der Waals surface area contributed by atoms with Crippen molar-refractivity contribution in [3.05, 3.63) is 35.4 Å². The second kappa shape index (κ2) is 7.05. The molecular formula is C17H24N2O2. The van der Waals surface area contributed by atoms with Gasteiger partial charge in [-0.25, -0.2) is 0 Å². The third kappa shape index (κ3) is 3.83. The van der Waals surface area contributed by atoms with Crippen LogP contribution in [0.25, 0.3) is 0 Å². The van der Waals surface area contributed by atoms with E-state index in [0.29, 0.717) is 6.04 Å². The highest BCUT2D eigenvalue weighted by Gasteiger charge is 2.18. The molecule has 1 unspecified atom stereocenters. The van der Waals surface area contributed by atoms with Gasteiger partial charge in [-0.3, -0.25) is 4.79 Å². The molecule has 4 nitrogen and oxygen atoms in total. The zero-order chi connectivity index (χ0) is 14.5. The van der Waals surface area contributed by atoms with Crippen molar-refractivity contribution in [1.82, 2.24) is 10.2 Å². The molecule has 2 aliphatic heterocycles. The molecule has 3 rings (SSSR count). The first-order valence-electron chi connectivity index (χ1n) is 8.02. The smallest absolute Gasteiger partial charge is 0.253 e. The van der Waals surface area contributed by atoms with E-state index in [4.69, 9.17) is 4.74 Å². The van der Waals surface area contributed by atoms with Crippen LogP contribution in [0.15, 0.2) is 24.3 Å². The third-order valence-corrected chi connectivity index (χ3v) is 4.37. The molecular weight excluding hydrogens is 264 g/mol. The Balaban J connectivity index is 1.54. The standard InChI is InChI=1S/C17H24N2O2/c20-17(19-9-2-1-3-10-19)15-6-4-14(5-7-15)12-18-16-8-11-21-13-16/h4-7,16,18H,1-3,8-13H2. The Morgan fingerprint density at radius 3 is 2.62 bits per heavy atom. The molecule has 0 aliphatic carbocycles. The third-order valence-electron chi connectivity index (χ3n) is 4.37. The Kier molecular flexibility index (Phi) is 4.88. The van der Waals surface area contributed by atoms with Crippen molar-refractivity contribution in [2.75, 3.05) is 26.3 Å². The summed E-state index contributed by atoms with van der Waals surface area (Å²) in [7, 11) is 0. The van der Waals surface area contributed by atoms with Gasteiger partial charge in [-0.15, -0.1) is 0 Å². The van der Waals surface area contributed by atoms with Crippen LogP contribution in [0.5, 0.6) is 0 Å². The Labute approximate surface area is 126 Å². The predicted octanol–water partition coefficient (Wildman–Crippen LogP) is 2.19. The van der Waals surface area contributed by atoms with Crippen molar-refractivity contribution >= 4 is 5.91 Å². The van der Waals surface area contributed by atoms with Crippen molar-refractivity contribution in [1.29, 1.82) is 0 Å². The summed E-state index contributed by atoms with van der Waals surface area (Å²) in [6, 6.07) is 8.50. The van der Waals surface area contributed by atoms with Crippen LogP contribution in [-0.2, 0) is 11.3 Å². The molecule has 1 aromatic carbocycles. The van der Waals surface area contributed by atoms with Gasteiger partial charge in [0.15, 0.2) is 0 Å². The van der Waals surface area contributed by atoms with Crippen LogP contribution in [0.2, 0.25) is 0 Å². The second-order valence-corrected chi connectivity index (χ2v) is 5.99. The van der Waals surface area contributed by atoms with Gasteiger partial charge in [0.1, 0.15) is 0 Å². The lowest BCUT2D eigenvalue weighted by Gasteiger charge is -2.26. The van der Waals surface area contributed by atoms with Crippen LogP contribution in [-0.4, -0.2) is 43.2 Å². The van der Waals surface area contributed by atoms with E-state index in [9.17, 15) is 4.79 Å². The number of hydrogen-bond donors (Lipinski definition) is 1. The van der Waals surface area contributed by atoms with Crippen LogP contribution in [0.1, 0.15) is 41.6 Å². The fourth-order valence-electron chi connectivity index (χ4n) is 3.00. The van der Waals surface area contributed by atoms with E-state index in [0.717, 1.165) is 57.7 Å². The minimum Gasteiger partial charge on any atom is -0.380 e. The van der Waals surface area contributed by atoms with E-state index < -0.39 is 0 Å². The molecule has 0 aromatic heterocycles. The SMILES string of the molecule is O=C(c1ccc(CNC2CCOC2)cc1)N1CCCCC1. The van der Waals surface area contributed by atoms with Gasteiger partial charge in [-0.2, -0.15) is 0 Å². The number of ether oxygens (including phenoxy) is 1. The average Bonchev–Trinajstić information content (AvgIpc) is 3.07. The van der Waals surface area contributed by atoms with E-state index in [2.05, 4.69) is 17.4 Å². The van der Waals surface area contributed by atoms with Crippen LogP contribution in [0, 0.1) is 0 Å². The molecule has 2 heterocycles. The van der Waals surface area contributed by atoms with Gasteiger partial charge in [-0.1, -0.05) is 12.1 Å². The van der Waals surface area contributed by atoms with E-state index in [-0.39, 0.29) is 5.91 Å². The lowest BCUT2D eigenvalue weighted by molar-refractivity contribution is 0.0724. The fraction of sp³-hybridized carbons (Fsp3) is 0.588. The predicted molar refractivity (Wildman–Crippen MR) is 82.3 cm³/mol. The molecule has 1 amide bonds. The first-order valence-corrected chi connectivity index (χ1v) is 8.02. The molecule has 0 radical (unpaired) electrons. The summed E-state index contributed by atoms with van der Waals surface area (Å²) in [4.78, 5) is 14.4. The molecule has 114 valence electrons. The molecule has 0 saturated carbocycles. The van der Waals surface area contributed by atoms with Gasteiger partial charge in [0, 0.05) is 37.8 Å². The summed E-state index contributed by atoms with van der Waals surface area (Å²) < 4.78 is 5.35. The summed E-state index contributed by atoms with van der Waals surface area (Å²) in [5, 5.41) is 3.49. The highest BCUT2D eigenvalue weighted by atomic mass is 16.5. The van der Waals surface area contributed by atoms with Crippen molar-refractivity contribution in [2.24, 2.45) is 0 Å². The molecule has 2 fully saturated rings. The lowest BCUT2D eigenvalue weighted by Crippen LogP contribution is -2.35. The van der Waals surface area contributed by atoms with Gasteiger partial charge in [0.25, 0.3) is 5.91 Å². The van der Waals surface area contributed by atoms with Gasteiger partial charge in [0.2, 0.25) is 0 Å². The number of rotatable bonds is 4. The normalized spacial score (nSPS) is 22.5. The quantitative estimate of drug-likeness (QED) is 0.923. The summed E-state index contributed by atoms with van der Waals surface area (Å²) >= 11 is 0. The van der Waals surface area contributed by atoms with Crippen LogP contribution < -0.4 is 5.32 Å². The number of benzene rings is 1. The van der Waals surface area contributed by atoms with E-state index in [1.165, 1.54) is 12.0 Å². The Morgan fingerprint density at radius 2 is 1.95 bits per heavy atom. The van der Waals surface area contributed by atoms with Crippen molar-refractivity contribution in [3.8, 4) is 0 Å². The van der Waals surface area contributed by atoms with Gasteiger partial charge < -0.3 is 15.0 Å². The number of carbonyl (C=O) groups excluding carboxylic acids is 1. The summed E-state index contributed by atoms with van der Waals surface area (Å²) in [6.07, 6.45) is 4.61. The molecule has 1 atom stereocenters. The number of hydrogen-bond acceptors (Lipinski definition) is 3. The van der Waals surface area contributed by atoms with E-state index in [1.54, 1.807) is 0 Å². The topological polar surface area (TPSA) is 41.6 Å². The molecule has 4 heteroatoms. The van der Waals surface area contributed by atoms with E-state index in [1.807, 2.05) is 17.0 Å². The maximum absolute atomic E-state index is 12.4. The Bertz CT molecular complexity index is 460. The minimum atomic E-state index is 0.179. The molecule has 1 aromatic rings. The molecule has 1 N–H and O–H groups in total. The lowest BCUT2D eigenvalue weighted by atomic mass is 10.1. The van der Waals surface area contributed by atoms with Crippen LogP contribution in [0.3, 0.4) is 0 Å². The largest absolute Gasteiger partial charge is 0.380 e. The van der Waals surface area contributed by atoms with Gasteiger partial charge in [-0.05, 0) is 43.4 Å². The number of amides is 1. The molecule has 0 spiro atoms. The first-order chi connectivity index (χ1) is 10.3. The maximum Gasteiger partial charge on any atom is 0.253 e. The van der Waals surface area contributed by atoms with E-state index >= 15 is 0 Å². The zero-order valence-corrected chi connectivity index (χ0v) is 12.5. The summed E-state index contributed by atoms with van der Waals surface area (Å²) in [6.45, 7) is 4.33. The highest BCUT2D eigenvalue weighted by molar-refractivity contribution is 5.94. The van der Waals surface area contributed by atoms with Gasteiger partial charge in [0.05, 0.1) is 6.61 Å². The fourth-order valence-corrected chi connectivity index (χ4v) is 3.00. The van der Waals surface area contributed by atoms with Gasteiger partial charge >= 0.3 is 0 Å². The molecule has 0 bridgehead atoms. The van der Waals surface area contributed by atoms with Crippen molar-refractivity contribution in [2.45, 2.75) is 38.3 Å². The Hall–Kier alpha value is -1.39. The molecule has 2 saturated heterocycles. The van der Waals surface area contributed by atoms with Crippen molar-refractivity contribution < 1.29 is 9.53 Å². The number of nitrogens with one attached hydrogen (secondary N) is 1. The van der Waals surface area contributed by atoms with Crippen molar-refractivity contribution in [3.63, 3.8) is 0 Å². The second-order valence-electron chi connectivity index (χ2n) is 5.99. The number of nitrogens with zero attached hydrogens (tertiary/aromatic N) is 1. The number of piperidine rings is 1. The minimum absolute atomic E-state index is 0.179. The average molecular weight is 288 g/mol.